The Morgan fingerprint density at radius 1 is 0.912 bits per heavy atom. The fourth-order valence-electron chi connectivity index (χ4n) is 3.63. The van der Waals surface area contributed by atoms with Crippen LogP contribution >= 0.6 is 0 Å². The van der Waals surface area contributed by atoms with E-state index in [1.807, 2.05) is 54.6 Å². The molecule has 0 spiro atoms. The van der Waals surface area contributed by atoms with Crippen LogP contribution in [0.15, 0.2) is 72.8 Å². The number of aromatic nitrogens is 4. The number of nitrogens with one attached hydrogen (secondary N) is 3. The van der Waals surface area contributed by atoms with Gasteiger partial charge in [0.15, 0.2) is 23.0 Å². The number of benzene rings is 3. The first-order valence-corrected chi connectivity index (χ1v) is 10.4. The monoisotopic (exact) mass is 455 g/mol. The number of carbonyl (C=O) groups excluding carboxylic acids is 1. The van der Waals surface area contributed by atoms with Gasteiger partial charge in [-0.25, -0.2) is 9.78 Å². The van der Waals surface area contributed by atoms with E-state index in [1.165, 1.54) is 7.11 Å². The maximum atomic E-state index is 12.6. The van der Waals surface area contributed by atoms with Gasteiger partial charge in [0.1, 0.15) is 5.69 Å². The molecule has 3 N–H and O–H groups in total. The number of ether oxygens (including phenoxy) is 2. The molecular formula is C24H21N7O3. The van der Waals surface area contributed by atoms with E-state index in [-0.39, 0.29) is 0 Å². The zero-order chi connectivity index (χ0) is 23.5. The van der Waals surface area contributed by atoms with Crippen molar-refractivity contribution in [2.45, 2.75) is 0 Å². The molecule has 0 radical (unpaired) electrons. The zero-order valence-corrected chi connectivity index (χ0v) is 18.4. The lowest BCUT2D eigenvalue weighted by Gasteiger charge is -2.13. The summed E-state index contributed by atoms with van der Waals surface area (Å²) in [6, 6.07) is 21.9. The summed E-state index contributed by atoms with van der Waals surface area (Å²) in [7, 11) is 3.08. The molecular weight excluding hydrogens is 434 g/mol. The van der Waals surface area contributed by atoms with Crippen LogP contribution < -0.4 is 25.6 Å². The van der Waals surface area contributed by atoms with Gasteiger partial charge in [0.2, 0.25) is 0 Å². The highest BCUT2D eigenvalue weighted by Crippen LogP contribution is 2.30. The van der Waals surface area contributed by atoms with Crippen molar-refractivity contribution in [2.75, 3.05) is 25.0 Å². The second-order valence-corrected chi connectivity index (χ2v) is 7.29. The average Bonchev–Trinajstić information content (AvgIpc) is 3.32. The van der Waals surface area contributed by atoms with Gasteiger partial charge in [-0.1, -0.05) is 47.7 Å². The molecule has 170 valence electrons. The molecule has 2 heterocycles. The van der Waals surface area contributed by atoms with E-state index in [2.05, 4.69) is 26.5 Å². The number of anilines is 2. The number of methoxy groups -OCH3 is 2. The summed E-state index contributed by atoms with van der Waals surface area (Å²) >= 11 is 0. The number of urea groups is 1. The van der Waals surface area contributed by atoms with Crippen molar-refractivity contribution in [3.63, 3.8) is 0 Å². The van der Waals surface area contributed by atoms with Gasteiger partial charge in [-0.2, -0.15) is 4.52 Å². The summed E-state index contributed by atoms with van der Waals surface area (Å²) in [5.41, 5.74) is 9.00. The molecule has 5 rings (SSSR count). The second kappa shape index (κ2) is 8.94. The van der Waals surface area contributed by atoms with Crippen molar-refractivity contribution in [2.24, 2.45) is 0 Å². The van der Waals surface area contributed by atoms with Gasteiger partial charge < -0.3 is 14.8 Å². The first kappa shape index (κ1) is 21.0. The fraction of sp³-hybridized carbons (Fsp3) is 0.0833. The first-order valence-electron chi connectivity index (χ1n) is 10.4. The maximum absolute atomic E-state index is 12.6. The number of hydrogen-bond donors (Lipinski definition) is 3. The predicted molar refractivity (Wildman–Crippen MR) is 129 cm³/mol. The molecule has 0 aliphatic rings. The summed E-state index contributed by atoms with van der Waals surface area (Å²) in [4.78, 5) is 17.3. The third-order valence-electron chi connectivity index (χ3n) is 5.23. The Balaban J connectivity index is 1.43. The third-order valence-corrected chi connectivity index (χ3v) is 5.23. The molecule has 34 heavy (non-hydrogen) atoms. The summed E-state index contributed by atoms with van der Waals surface area (Å²) in [5.74, 6) is 1.54. The van der Waals surface area contributed by atoms with Crippen molar-refractivity contribution >= 4 is 34.1 Å². The Morgan fingerprint density at radius 2 is 1.68 bits per heavy atom. The molecule has 2 aromatic heterocycles. The molecule has 2 amide bonds. The lowest BCUT2D eigenvalue weighted by Crippen LogP contribution is -2.34. The highest BCUT2D eigenvalue weighted by atomic mass is 16.5. The summed E-state index contributed by atoms with van der Waals surface area (Å²) < 4.78 is 12.2. The highest BCUT2D eigenvalue weighted by Gasteiger charge is 2.16. The number of rotatable bonds is 6. The molecule has 5 aromatic rings. The summed E-state index contributed by atoms with van der Waals surface area (Å²) in [6.45, 7) is 0. The number of nitrogens with zero attached hydrogens (tertiary/aromatic N) is 4. The van der Waals surface area contributed by atoms with Gasteiger partial charge in [0.25, 0.3) is 0 Å². The SMILES string of the molecule is COc1ccc(NC(=O)NNc2nc3c(-c4ccccc4)nnn3c3ccccc23)cc1OC. The van der Waals surface area contributed by atoms with Crippen LogP contribution in [0.5, 0.6) is 11.5 Å². The standard InChI is InChI=1S/C24H21N7O3/c1-33-19-13-12-16(14-20(19)34-2)25-24(32)29-28-22-17-10-6-7-11-18(17)31-23(26-22)21(27-30-31)15-8-4-3-5-9-15/h3-14H,1-2H3,(H,26,28)(H2,25,29,32). The molecule has 0 bridgehead atoms. The number of amides is 2. The average molecular weight is 455 g/mol. The lowest BCUT2D eigenvalue weighted by molar-refractivity contribution is 0.254. The smallest absolute Gasteiger partial charge is 0.337 e. The zero-order valence-electron chi connectivity index (χ0n) is 18.4. The molecule has 0 fully saturated rings. The van der Waals surface area contributed by atoms with Gasteiger partial charge in [0.05, 0.1) is 19.7 Å². The first-order chi connectivity index (χ1) is 16.7. The Morgan fingerprint density at radius 3 is 2.47 bits per heavy atom. The van der Waals surface area contributed by atoms with Crippen molar-refractivity contribution in [1.29, 1.82) is 0 Å². The second-order valence-electron chi connectivity index (χ2n) is 7.29. The topological polar surface area (TPSA) is 115 Å². The summed E-state index contributed by atoms with van der Waals surface area (Å²) in [5, 5.41) is 12.2. The molecule has 0 aliphatic carbocycles. The van der Waals surface area contributed by atoms with Crippen molar-refractivity contribution in [3.05, 3.63) is 72.8 Å². The Bertz CT molecular complexity index is 1480. The van der Waals surface area contributed by atoms with Crippen LogP contribution in [0.3, 0.4) is 0 Å². The molecule has 10 nitrogen and oxygen atoms in total. The molecule has 0 saturated carbocycles. The minimum Gasteiger partial charge on any atom is -0.493 e. The van der Waals surface area contributed by atoms with E-state index in [9.17, 15) is 4.79 Å². The van der Waals surface area contributed by atoms with Crippen molar-refractivity contribution in [1.82, 2.24) is 25.2 Å². The van der Waals surface area contributed by atoms with Gasteiger partial charge in [-0.05, 0) is 24.3 Å². The number of hydrogen-bond acceptors (Lipinski definition) is 7. The number of hydrazine groups is 1. The molecule has 10 heteroatoms. The van der Waals surface area contributed by atoms with Crippen LogP contribution in [0.1, 0.15) is 0 Å². The van der Waals surface area contributed by atoms with Crippen LogP contribution in [-0.4, -0.2) is 40.1 Å². The van der Waals surface area contributed by atoms with Gasteiger partial charge in [-0.15, -0.1) is 5.10 Å². The van der Waals surface area contributed by atoms with E-state index in [0.29, 0.717) is 34.3 Å². The van der Waals surface area contributed by atoms with Crippen LogP contribution in [0, 0.1) is 0 Å². The van der Waals surface area contributed by atoms with Gasteiger partial charge in [0, 0.05) is 22.7 Å². The minimum absolute atomic E-state index is 0.463. The Labute approximate surface area is 194 Å². The van der Waals surface area contributed by atoms with E-state index in [1.54, 1.807) is 29.8 Å². The number of fused-ring (bicyclic) bond motifs is 3. The summed E-state index contributed by atoms with van der Waals surface area (Å²) in [6.07, 6.45) is 0. The van der Waals surface area contributed by atoms with E-state index in [0.717, 1.165) is 16.5 Å². The normalized spacial score (nSPS) is 10.8. The minimum atomic E-state index is -0.479. The van der Waals surface area contributed by atoms with E-state index < -0.39 is 6.03 Å². The van der Waals surface area contributed by atoms with Crippen LogP contribution in [0.4, 0.5) is 16.3 Å². The maximum Gasteiger partial charge on any atom is 0.337 e. The van der Waals surface area contributed by atoms with Crippen molar-refractivity contribution in [3.8, 4) is 22.8 Å². The van der Waals surface area contributed by atoms with Crippen LogP contribution in [-0.2, 0) is 0 Å². The molecule has 0 unspecified atom stereocenters. The van der Waals surface area contributed by atoms with E-state index in [4.69, 9.17) is 14.5 Å². The van der Waals surface area contributed by atoms with Crippen molar-refractivity contribution < 1.29 is 14.3 Å². The molecule has 0 atom stereocenters. The third kappa shape index (κ3) is 3.88. The van der Waals surface area contributed by atoms with Crippen LogP contribution in [0.2, 0.25) is 0 Å². The molecule has 0 saturated heterocycles. The van der Waals surface area contributed by atoms with Crippen LogP contribution in [0.25, 0.3) is 27.8 Å². The fourth-order valence-corrected chi connectivity index (χ4v) is 3.63. The Kier molecular flexibility index (Phi) is 5.53. The molecule has 3 aromatic carbocycles. The molecule has 0 aliphatic heterocycles. The quantitative estimate of drug-likeness (QED) is 0.330. The largest absolute Gasteiger partial charge is 0.493 e. The van der Waals surface area contributed by atoms with E-state index >= 15 is 0 Å². The highest BCUT2D eigenvalue weighted by molar-refractivity contribution is 5.95. The Hall–Kier alpha value is -4.86. The predicted octanol–water partition coefficient (Wildman–Crippen LogP) is 4.11. The van der Waals surface area contributed by atoms with Gasteiger partial charge in [-0.3, -0.25) is 10.9 Å². The lowest BCUT2D eigenvalue weighted by atomic mass is 10.1. The number of para-hydroxylation sites is 1. The van der Waals surface area contributed by atoms with Gasteiger partial charge >= 0.3 is 6.03 Å². The number of carbonyl (C=O) groups is 1.